The molecule has 0 fully saturated rings. The highest BCUT2D eigenvalue weighted by atomic mass is 32.1. The van der Waals surface area contributed by atoms with Crippen molar-refractivity contribution in [2.24, 2.45) is 0 Å². The third-order valence-corrected chi connectivity index (χ3v) is 9.94. The van der Waals surface area contributed by atoms with Crippen LogP contribution in [0.2, 0.25) is 0 Å². The van der Waals surface area contributed by atoms with Gasteiger partial charge in [-0.15, -0.1) is 22.7 Å². The Morgan fingerprint density at radius 1 is 0.447 bits per heavy atom. The fourth-order valence-electron chi connectivity index (χ4n) is 6.06. The Balaban J connectivity index is 1.47. The van der Waals surface area contributed by atoms with Crippen molar-refractivity contribution in [1.29, 1.82) is 0 Å². The molecule has 0 amide bonds. The minimum Gasteiger partial charge on any atom is -0.226 e. The minimum atomic E-state index is 0.777. The number of nitrogens with zero attached hydrogens (tertiary/aromatic N) is 2. The Kier molecular flexibility index (Phi) is 4.12. The first-order valence-electron chi connectivity index (χ1n) is 12.7. The summed E-state index contributed by atoms with van der Waals surface area (Å²) in [6.07, 6.45) is 0. The van der Waals surface area contributed by atoms with Crippen molar-refractivity contribution in [1.82, 2.24) is 9.97 Å². The zero-order valence-electron chi connectivity index (χ0n) is 20.1. The summed E-state index contributed by atoms with van der Waals surface area (Å²) in [5.74, 6) is 0.777. The molecule has 0 N–H and O–H groups in total. The normalized spacial score (nSPS) is 12.2. The van der Waals surface area contributed by atoms with Crippen molar-refractivity contribution in [2.45, 2.75) is 0 Å². The van der Waals surface area contributed by atoms with E-state index >= 15 is 0 Å². The van der Waals surface area contributed by atoms with E-state index < -0.39 is 0 Å². The van der Waals surface area contributed by atoms with Gasteiger partial charge in [-0.1, -0.05) is 91.0 Å². The van der Waals surface area contributed by atoms with E-state index in [9.17, 15) is 0 Å². The van der Waals surface area contributed by atoms with Gasteiger partial charge in [-0.2, -0.15) is 0 Å². The van der Waals surface area contributed by atoms with Crippen LogP contribution in [0.15, 0.2) is 109 Å². The minimum absolute atomic E-state index is 0.777. The summed E-state index contributed by atoms with van der Waals surface area (Å²) in [6.45, 7) is 0. The van der Waals surface area contributed by atoms with E-state index in [1.54, 1.807) is 11.3 Å². The lowest BCUT2D eigenvalue weighted by Gasteiger charge is -2.13. The van der Waals surface area contributed by atoms with Gasteiger partial charge >= 0.3 is 0 Å². The molecule has 0 saturated carbocycles. The van der Waals surface area contributed by atoms with Crippen LogP contribution in [0.5, 0.6) is 0 Å². The summed E-state index contributed by atoms with van der Waals surface area (Å²) in [4.78, 5) is 10.6. The maximum atomic E-state index is 5.30. The van der Waals surface area contributed by atoms with Crippen LogP contribution in [-0.4, -0.2) is 9.97 Å². The van der Waals surface area contributed by atoms with Gasteiger partial charge < -0.3 is 0 Å². The van der Waals surface area contributed by atoms with Crippen LogP contribution in [0.25, 0.3) is 84.7 Å². The molecule has 0 aliphatic rings. The van der Waals surface area contributed by atoms with Crippen molar-refractivity contribution in [3.05, 3.63) is 109 Å². The molecule has 0 radical (unpaired) electrons. The molecule has 9 rings (SSSR count). The topological polar surface area (TPSA) is 25.8 Å². The highest BCUT2D eigenvalue weighted by Gasteiger charge is 2.21. The Hall–Kier alpha value is -4.38. The average Bonchev–Trinajstić information content (AvgIpc) is 3.55. The molecule has 0 atom stereocenters. The summed E-state index contributed by atoms with van der Waals surface area (Å²) in [5, 5.41) is 8.98. The number of thiophene rings is 2. The Morgan fingerprint density at radius 3 is 1.92 bits per heavy atom. The van der Waals surface area contributed by atoms with E-state index in [4.69, 9.17) is 9.97 Å². The van der Waals surface area contributed by atoms with Gasteiger partial charge in [-0.05, 0) is 34.4 Å². The molecule has 3 heterocycles. The quantitative estimate of drug-likeness (QED) is 0.213. The first-order valence-corrected chi connectivity index (χ1v) is 14.3. The second-order valence-electron chi connectivity index (χ2n) is 9.73. The first kappa shape index (κ1) is 20.7. The van der Waals surface area contributed by atoms with Crippen LogP contribution in [0.3, 0.4) is 0 Å². The van der Waals surface area contributed by atoms with E-state index in [1.165, 1.54) is 51.8 Å². The standard InChI is InChI=1S/C34H18N2S2/c1-2-9-19(10-3-1)31-33-32(22-11-4-5-16-25(22)38-33)36-34(35-31)24-15-6-12-20-21-13-7-17-26-29(21)30-23(28(20)24)14-8-18-27(30)37-26/h1-18H. The lowest BCUT2D eigenvalue weighted by molar-refractivity contribution is 1.25. The number of hydrogen-bond acceptors (Lipinski definition) is 4. The zero-order valence-corrected chi connectivity index (χ0v) is 21.7. The summed E-state index contributed by atoms with van der Waals surface area (Å²) >= 11 is 3.65. The molecule has 0 saturated heterocycles. The van der Waals surface area contributed by atoms with E-state index in [-0.39, 0.29) is 0 Å². The van der Waals surface area contributed by atoms with Crippen molar-refractivity contribution in [3.63, 3.8) is 0 Å². The van der Waals surface area contributed by atoms with Gasteiger partial charge in [0.25, 0.3) is 0 Å². The Morgan fingerprint density at radius 2 is 1.08 bits per heavy atom. The molecule has 0 aliphatic heterocycles. The van der Waals surface area contributed by atoms with Crippen LogP contribution < -0.4 is 0 Å². The predicted molar refractivity (Wildman–Crippen MR) is 165 cm³/mol. The molecule has 9 aromatic rings. The van der Waals surface area contributed by atoms with Gasteiger partial charge in [0.2, 0.25) is 0 Å². The van der Waals surface area contributed by atoms with Crippen LogP contribution in [0.1, 0.15) is 0 Å². The molecule has 176 valence electrons. The molecule has 38 heavy (non-hydrogen) atoms. The largest absolute Gasteiger partial charge is 0.226 e. The van der Waals surface area contributed by atoms with Crippen LogP contribution in [0.4, 0.5) is 0 Å². The molecule has 0 spiro atoms. The van der Waals surface area contributed by atoms with Gasteiger partial charge in [-0.3, -0.25) is 0 Å². The molecular formula is C34H18N2S2. The van der Waals surface area contributed by atoms with E-state index in [0.29, 0.717) is 0 Å². The van der Waals surface area contributed by atoms with E-state index in [1.807, 2.05) is 11.3 Å². The molecule has 0 bridgehead atoms. The highest BCUT2D eigenvalue weighted by molar-refractivity contribution is 7.26. The van der Waals surface area contributed by atoms with Crippen LogP contribution in [0, 0.1) is 0 Å². The first-order chi connectivity index (χ1) is 18.8. The van der Waals surface area contributed by atoms with Gasteiger partial charge in [0.05, 0.1) is 15.9 Å². The molecule has 6 aromatic carbocycles. The number of fused-ring (bicyclic) bond motifs is 6. The molecular weight excluding hydrogens is 501 g/mol. The monoisotopic (exact) mass is 518 g/mol. The van der Waals surface area contributed by atoms with Crippen molar-refractivity contribution < 1.29 is 0 Å². The Labute approximate surface area is 225 Å². The molecule has 2 nitrogen and oxygen atoms in total. The lowest BCUT2D eigenvalue weighted by atomic mass is 9.91. The number of benzene rings is 6. The van der Waals surface area contributed by atoms with Gasteiger partial charge in [-0.25, -0.2) is 9.97 Å². The van der Waals surface area contributed by atoms with Crippen LogP contribution in [-0.2, 0) is 0 Å². The maximum absolute atomic E-state index is 5.30. The number of aromatic nitrogens is 2. The fraction of sp³-hybridized carbons (Fsp3) is 0. The summed E-state index contributed by atoms with van der Waals surface area (Å²) in [5.41, 5.74) is 4.22. The Bertz CT molecular complexity index is 2350. The molecule has 3 aromatic heterocycles. The number of rotatable bonds is 2. The van der Waals surface area contributed by atoms with E-state index in [2.05, 4.69) is 109 Å². The highest BCUT2D eigenvalue weighted by Crippen LogP contribution is 2.47. The van der Waals surface area contributed by atoms with Gasteiger partial charge in [0, 0.05) is 46.8 Å². The summed E-state index contributed by atoms with van der Waals surface area (Å²) < 4.78 is 5.05. The second-order valence-corrected chi connectivity index (χ2v) is 11.9. The number of hydrogen-bond donors (Lipinski definition) is 0. The smallest absolute Gasteiger partial charge is 0.161 e. The van der Waals surface area contributed by atoms with Crippen molar-refractivity contribution >= 4 is 84.7 Å². The van der Waals surface area contributed by atoms with Crippen molar-refractivity contribution in [2.75, 3.05) is 0 Å². The van der Waals surface area contributed by atoms with E-state index in [0.717, 1.165) is 32.9 Å². The SMILES string of the molecule is c1ccc(-c2nc(-c3cccc4c5cccc6sc7cccc(c34)c7c65)nc3c2sc2ccccc23)cc1. The second kappa shape index (κ2) is 7.57. The third-order valence-electron chi connectivity index (χ3n) is 7.65. The van der Waals surface area contributed by atoms with Gasteiger partial charge in [0.1, 0.15) is 0 Å². The predicted octanol–water partition coefficient (Wildman–Crippen LogP) is 10.3. The van der Waals surface area contributed by atoms with Gasteiger partial charge in [0.15, 0.2) is 5.82 Å². The summed E-state index contributed by atoms with van der Waals surface area (Å²) in [6, 6.07) is 39.1. The van der Waals surface area contributed by atoms with Crippen molar-refractivity contribution in [3.8, 4) is 22.6 Å². The zero-order chi connectivity index (χ0) is 24.8. The van der Waals surface area contributed by atoms with Crippen LogP contribution >= 0.6 is 22.7 Å². The molecule has 0 unspecified atom stereocenters. The maximum Gasteiger partial charge on any atom is 0.161 e. The molecule has 4 heteroatoms. The summed E-state index contributed by atoms with van der Waals surface area (Å²) in [7, 11) is 0. The lowest BCUT2D eigenvalue weighted by Crippen LogP contribution is -1.95. The fourth-order valence-corrected chi connectivity index (χ4v) is 8.37. The average molecular weight is 519 g/mol. The molecule has 0 aliphatic carbocycles. The third kappa shape index (κ3) is 2.71.